The van der Waals surface area contributed by atoms with Gasteiger partial charge in [-0.1, -0.05) is 48.0 Å². The highest BCUT2D eigenvalue weighted by molar-refractivity contribution is 6.04. The summed E-state index contributed by atoms with van der Waals surface area (Å²) >= 11 is 0. The first kappa shape index (κ1) is 14.6. The summed E-state index contributed by atoms with van der Waals surface area (Å²) in [6.07, 6.45) is 4.06. The quantitative estimate of drug-likeness (QED) is 0.789. The second-order valence-electron chi connectivity index (χ2n) is 6.00. The maximum atomic E-state index is 12.8. The third kappa shape index (κ3) is 2.80. The molecule has 24 heavy (non-hydrogen) atoms. The molecule has 1 amide bonds. The van der Waals surface area contributed by atoms with Crippen molar-refractivity contribution >= 4 is 23.0 Å². The molecule has 1 N–H and O–H groups in total. The molecule has 1 aliphatic heterocycles. The number of hydrogen-bond acceptors (Lipinski definition) is 3. The van der Waals surface area contributed by atoms with E-state index in [-0.39, 0.29) is 5.91 Å². The number of amides is 1. The number of nitrogens with zero attached hydrogens (tertiary/aromatic N) is 3. The summed E-state index contributed by atoms with van der Waals surface area (Å²) in [6.45, 7) is 1.48. The van der Waals surface area contributed by atoms with Crippen LogP contribution in [0, 0.1) is 0 Å². The molecular formula is C19H18N4O. The molecule has 1 aromatic heterocycles. The molecule has 1 fully saturated rings. The fraction of sp³-hybridized carbons (Fsp3) is 0.211. The van der Waals surface area contributed by atoms with E-state index in [1.807, 2.05) is 41.3 Å². The molecule has 0 aliphatic carbocycles. The van der Waals surface area contributed by atoms with Crippen molar-refractivity contribution in [2.24, 2.45) is 0 Å². The molecule has 0 saturated carbocycles. The molecule has 0 atom stereocenters. The highest BCUT2D eigenvalue weighted by atomic mass is 16.2. The molecule has 2 heterocycles. The lowest BCUT2D eigenvalue weighted by Crippen LogP contribution is -2.36. The summed E-state index contributed by atoms with van der Waals surface area (Å²) in [5, 5.41) is 10.8. The Morgan fingerprint density at radius 1 is 1.00 bits per heavy atom. The van der Waals surface area contributed by atoms with Crippen LogP contribution in [0.4, 0.5) is 0 Å². The van der Waals surface area contributed by atoms with Crippen LogP contribution in [0.5, 0.6) is 0 Å². The van der Waals surface area contributed by atoms with E-state index in [2.05, 4.69) is 33.6 Å². The topological polar surface area (TPSA) is 61.9 Å². The molecule has 0 spiro atoms. The molecule has 5 nitrogen and oxygen atoms in total. The minimum absolute atomic E-state index is 0.0354. The van der Waals surface area contributed by atoms with Crippen LogP contribution in [0.3, 0.4) is 0 Å². The Bertz CT molecular complexity index is 888. The van der Waals surface area contributed by atoms with Crippen LogP contribution >= 0.6 is 0 Å². The zero-order chi connectivity index (χ0) is 16.4. The van der Waals surface area contributed by atoms with Crippen LogP contribution in [0.15, 0.2) is 54.1 Å². The summed E-state index contributed by atoms with van der Waals surface area (Å²) in [5.74, 6) is 0.0354. The molecule has 3 aromatic rings. The number of hydrogen-bond donors (Lipinski definition) is 1. The van der Waals surface area contributed by atoms with Gasteiger partial charge in [0.2, 0.25) is 0 Å². The predicted octanol–water partition coefficient (Wildman–Crippen LogP) is 3.28. The zero-order valence-electron chi connectivity index (χ0n) is 13.3. The number of nitrogens with one attached hydrogen (secondary N) is 1. The Balaban J connectivity index is 1.49. The number of H-pyrrole nitrogens is 1. The first-order chi connectivity index (χ1) is 11.8. The maximum Gasteiger partial charge on any atom is 0.256 e. The van der Waals surface area contributed by atoms with Gasteiger partial charge >= 0.3 is 0 Å². The molecule has 2 aromatic carbocycles. The molecule has 0 radical (unpaired) electrons. The summed E-state index contributed by atoms with van der Waals surface area (Å²) in [6, 6.07) is 15.9. The van der Waals surface area contributed by atoms with Gasteiger partial charge < -0.3 is 4.90 Å². The van der Waals surface area contributed by atoms with Crippen LogP contribution in [0.25, 0.3) is 17.1 Å². The number of piperidine rings is 1. The van der Waals surface area contributed by atoms with Gasteiger partial charge in [-0.15, -0.1) is 0 Å². The van der Waals surface area contributed by atoms with Crippen molar-refractivity contribution in [2.75, 3.05) is 13.1 Å². The lowest BCUT2D eigenvalue weighted by Gasteiger charge is -2.28. The SMILES string of the molecule is O=C(c1cccc2n[nH]nc12)N1CCC(=Cc2ccccc2)CC1. The van der Waals surface area contributed by atoms with Crippen molar-refractivity contribution in [3.63, 3.8) is 0 Å². The fourth-order valence-electron chi connectivity index (χ4n) is 3.14. The van der Waals surface area contributed by atoms with E-state index in [0.29, 0.717) is 11.1 Å². The summed E-state index contributed by atoms with van der Waals surface area (Å²) in [4.78, 5) is 14.7. The largest absolute Gasteiger partial charge is 0.338 e. The van der Waals surface area contributed by atoms with E-state index in [1.54, 1.807) is 0 Å². The first-order valence-corrected chi connectivity index (χ1v) is 8.14. The lowest BCUT2D eigenvalue weighted by molar-refractivity contribution is 0.0746. The Morgan fingerprint density at radius 3 is 2.58 bits per heavy atom. The zero-order valence-corrected chi connectivity index (χ0v) is 13.3. The van der Waals surface area contributed by atoms with E-state index in [4.69, 9.17) is 0 Å². The molecule has 0 unspecified atom stereocenters. The van der Waals surface area contributed by atoms with E-state index in [9.17, 15) is 4.79 Å². The first-order valence-electron chi connectivity index (χ1n) is 8.14. The smallest absolute Gasteiger partial charge is 0.256 e. The lowest BCUT2D eigenvalue weighted by atomic mass is 10.00. The summed E-state index contributed by atoms with van der Waals surface area (Å²) in [5.41, 5.74) is 4.61. The average Bonchev–Trinajstić information content (AvgIpc) is 3.11. The highest BCUT2D eigenvalue weighted by Gasteiger charge is 2.22. The maximum absolute atomic E-state index is 12.8. The second kappa shape index (κ2) is 6.28. The third-order valence-corrected chi connectivity index (χ3v) is 4.44. The van der Waals surface area contributed by atoms with Crippen LogP contribution < -0.4 is 0 Å². The molecular weight excluding hydrogens is 300 g/mol. The average molecular weight is 318 g/mol. The third-order valence-electron chi connectivity index (χ3n) is 4.44. The van der Waals surface area contributed by atoms with Gasteiger partial charge in [-0.2, -0.15) is 15.4 Å². The molecule has 4 rings (SSSR count). The molecule has 120 valence electrons. The van der Waals surface area contributed by atoms with Gasteiger partial charge in [-0.3, -0.25) is 4.79 Å². The predicted molar refractivity (Wildman–Crippen MR) is 93.4 cm³/mol. The number of aromatic amines is 1. The van der Waals surface area contributed by atoms with E-state index in [1.165, 1.54) is 11.1 Å². The van der Waals surface area contributed by atoms with Gasteiger partial charge in [-0.05, 0) is 30.5 Å². The number of rotatable bonds is 2. The number of benzene rings is 2. The van der Waals surface area contributed by atoms with Crippen LogP contribution in [0.1, 0.15) is 28.8 Å². The van der Waals surface area contributed by atoms with Gasteiger partial charge in [0.25, 0.3) is 5.91 Å². The van der Waals surface area contributed by atoms with E-state index < -0.39 is 0 Å². The minimum atomic E-state index is 0.0354. The standard InChI is InChI=1S/C19H18N4O/c24-19(16-7-4-8-17-18(16)21-22-20-17)23-11-9-15(10-12-23)13-14-5-2-1-3-6-14/h1-8,13H,9-12H2,(H,20,21,22). The van der Waals surface area contributed by atoms with Gasteiger partial charge in [0.15, 0.2) is 0 Å². The van der Waals surface area contributed by atoms with Crippen molar-refractivity contribution in [3.05, 3.63) is 65.2 Å². The Morgan fingerprint density at radius 2 is 1.79 bits per heavy atom. The molecule has 0 bridgehead atoms. The molecule has 1 saturated heterocycles. The van der Waals surface area contributed by atoms with Crippen LogP contribution in [0.2, 0.25) is 0 Å². The number of aromatic nitrogens is 3. The van der Waals surface area contributed by atoms with Gasteiger partial charge in [0.05, 0.1) is 5.56 Å². The molecule has 5 heteroatoms. The van der Waals surface area contributed by atoms with Crippen molar-refractivity contribution in [1.29, 1.82) is 0 Å². The summed E-state index contributed by atoms with van der Waals surface area (Å²) < 4.78 is 0. The van der Waals surface area contributed by atoms with Crippen molar-refractivity contribution in [3.8, 4) is 0 Å². The monoisotopic (exact) mass is 318 g/mol. The van der Waals surface area contributed by atoms with Gasteiger partial charge in [0.1, 0.15) is 11.0 Å². The number of carbonyl (C=O) groups is 1. The number of likely N-dealkylation sites (tertiary alicyclic amines) is 1. The molecule has 1 aliphatic rings. The Hall–Kier alpha value is -2.95. The van der Waals surface area contributed by atoms with Crippen LogP contribution in [-0.2, 0) is 0 Å². The fourth-order valence-corrected chi connectivity index (χ4v) is 3.14. The Kier molecular flexibility index (Phi) is 3.83. The number of para-hydroxylation sites is 1. The Labute approximate surface area is 140 Å². The van der Waals surface area contributed by atoms with Gasteiger partial charge in [-0.25, -0.2) is 0 Å². The normalized spacial score (nSPS) is 14.8. The highest BCUT2D eigenvalue weighted by Crippen LogP contribution is 2.22. The van der Waals surface area contributed by atoms with Gasteiger partial charge in [0, 0.05) is 13.1 Å². The summed E-state index contributed by atoms with van der Waals surface area (Å²) in [7, 11) is 0. The number of fused-ring (bicyclic) bond motifs is 1. The van der Waals surface area contributed by atoms with E-state index in [0.717, 1.165) is 31.4 Å². The van der Waals surface area contributed by atoms with Crippen molar-refractivity contribution in [2.45, 2.75) is 12.8 Å². The number of carbonyl (C=O) groups excluding carboxylic acids is 1. The van der Waals surface area contributed by atoms with Crippen LogP contribution in [-0.4, -0.2) is 39.3 Å². The van der Waals surface area contributed by atoms with Crippen molar-refractivity contribution < 1.29 is 4.79 Å². The van der Waals surface area contributed by atoms with E-state index >= 15 is 0 Å². The second-order valence-corrected chi connectivity index (χ2v) is 6.00. The van der Waals surface area contributed by atoms with Crippen molar-refractivity contribution in [1.82, 2.24) is 20.3 Å². The minimum Gasteiger partial charge on any atom is -0.338 e.